The largest absolute Gasteiger partial charge is 0.486 e. The van der Waals surface area contributed by atoms with Gasteiger partial charge in [0.2, 0.25) is 0 Å². The highest BCUT2D eigenvalue weighted by Gasteiger charge is 2.09. The molecule has 0 saturated carbocycles. The molecule has 0 unspecified atom stereocenters. The van der Waals surface area contributed by atoms with Crippen LogP contribution in [0.1, 0.15) is 5.56 Å². The van der Waals surface area contributed by atoms with Gasteiger partial charge in [0.15, 0.2) is 5.75 Å². The molecule has 18 heavy (non-hydrogen) atoms. The van der Waals surface area contributed by atoms with Gasteiger partial charge in [0, 0.05) is 15.7 Å². The van der Waals surface area contributed by atoms with Gasteiger partial charge in [-0.2, -0.15) is 0 Å². The van der Waals surface area contributed by atoms with E-state index in [1.165, 1.54) is 0 Å². The first-order valence-corrected chi connectivity index (χ1v) is 6.74. The number of halogens is 3. The first kappa shape index (κ1) is 13.5. The van der Waals surface area contributed by atoms with Gasteiger partial charge in [-0.25, -0.2) is 0 Å². The van der Waals surface area contributed by atoms with E-state index in [2.05, 4.69) is 15.9 Å². The molecule has 0 aliphatic carbocycles. The fourth-order valence-corrected chi connectivity index (χ4v) is 2.37. The van der Waals surface area contributed by atoms with Gasteiger partial charge in [0.05, 0.1) is 10.0 Å². The van der Waals surface area contributed by atoms with Crippen molar-refractivity contribution in [1.29, 1.82) is 0 Å². The van der Waals surface area contributed by atoms with Crippen molar-refractivity contribution in [3.63, 3.8) is 0 Å². The highest BCUT2D eigenvalue weighted by molar-refractivity contribution is 9.10. The van der Waals surface area contributed by atoms with E-state index < -0.39 is 0 Å². The lowest BCUT2D eigenvalue weighted by Gasteiger charge is -2.11. The first-order chi connectivity index (χ1) is 8.59. The van der Waals surface area contributed by atoms with Crippen molar-refractivity contribution in [2.45, 2.75) is 6.61 Å². The Morgan fingerprint density at radius 1 is 1.06 bits per heavy atom. The number of nitrogens with two attached hydrogens (primary N) is 1. The summed E-state index contributed by atoms with van der Waals surface area (Å²) < 4.78 is 6.47. The smallest absolute Gasteiger partial charge is 0.156 e. The minimum atomic E-state index is 0.342. The zero-order chi connectivity index (χ0) is 13.1. The summed E-state index contributed by atoms with van der Waals surface area (Å²) in [5, 5.41) is 0.977. The van der Waals surface area contributed by atoms with Crippen LogP contribution in [0.25, 0.3) is 0 Å². The Hall–Kier alpha value is -0.900. The van der Waals surface area contributed by atoms with Gasteiger partial charge in [0.1, 0.15) is 6.61 Å². The van der Waals surface area contributed by atoms with E-state index >= 15 is 0 Å². The zero-order valence-electron chi connectivity index (χ0n) is 9.29. The van der Waals surface area contributed by atoms with Crippen molar-refractivity contribution in [1.82, 2.24) is 0 Å². The van der Waals surface area contributed by atoms with Crippen molar-refractivity contribution in [3.05, 3.63) is 56.5 Å². The van der Waals surface area contributed by atoms with Gasteiger partial charge < -0.3 is 10.5 Å². The summed E-state index contributed by atoms with van der Waals surface area (Å²) in [6.45, 7) is 0.342. The molecular formula is C13H10BrCl2NO. The number of anilines is 1. The number of hydrogen-bond donors (Lipinski definition) is 1. The second-order valence-electron chi connectivity index (χ2n) is 3.66. The first-order valence-electron chi connectivity index (χ1n) is 5.19. The Morgan fingerprint density at radius 3 is 2.33 bits per heavy atom. The summed E-state index contributed by atoms with van der Waals surface area (Å²) in [6.07, 6.45) is 0. The lowest BCUT2D eigenvalue weighted by atomic mass is 10.2. The van der Waals surface area contributed by atoms with Crippen molar-refractivity contribution < 1.29 is 4.74 Å². The standard InChI is InChI=1S/C13H10BrCl2NO/c14-12-8(3-1-6-11(12)17)7-18-13-9(15)4-2-5-10(13)16/h1-6H,7,17H2. The molecule has 0 bridgehead atoms. The van der Waals surface area contributed by atoms with E-state index in [1.807, 2.05) is 18.2 Å². The minimum Gasteiger partial charge on any atom is -0.486 e. The summed E-state index contributed by atoms with van der Waals surface area (Å²) in [5.41, 5.74) is 7.40. The Morgan fingerprint density at radius 2 is 1.67 bits per heavy atom. The molecule has 0 aliphatic heterocycles. The Balaban J connectivity index is 2.19. The molecule has 94 valence electrons. The van der Waals surface area contributed by atoms with Crippen LogP contribution in [0.3, 0.4) is 0 Å². The van der Waals surface area contributed by atoms with Gasteiger partial charge in [-0.3, -0.25) is 0 Å². The van der Waals surface area contributed by atoms with E-state index in [9.17, 15) is 0 Å². The molecule has 0 aliphatic rings. The van der Waals surface area contributed by atoms with E-state index in [0.29, 0.717) is 28.1 Å². The van der Waals surface area contributed by atoms with Crippen LogP contribution in [-0.4, -0.2) is 0 Å². The van der Waals surface area contributed by atoms with Gasteiger partial charge in [-0.15, -0.1) is 0 Å². The number of benzene rings is 2. The molecule has 5 heteroatoms. The molecule has 0 saturated heterocycles. The molecule has 2 nitrogen and oxygen atoms in total. The maximum absolute atomic E-state index is 6.02. The number of rotatable bonds is 3. The fraction of sp³-hybridized carbons (Fsp3) is 0.0769. The van der Waals surface area contributed by atoms with Crippen LogP contribution in [0, 0.1) is 0 Å². The normalized spacial score (nSPS) is 10.4. The maximum atomic E-state index is 6.02. The molecule has 0 amide bonds. The van der Waals surface area contributed by atoms with Crippen LogP contribution in [0.15, 0.2) is 40.9 Å². The van der Waals surface area contributed by atoms with E-state index in [-0.39, 0.29) is 0 Å². The van der Waals surface area contributed by atoms with Crippen molar-refractivity contribution in [2.24, 2.45) is 0 Å². The van der Waals surface area contributed by atoms with Gasteiger partial charge >= 0.3 is 0 Å². The Labute approximate surface area is 124 Å². The van der Waals surface area contributed by atoms with Crippen molar-refractivity contribution >= 4 is 44.8 Å². The average molecular weight is 347 g/mol. The second-order valence-corrected chi connectivity index (χ2v) is 5.27. The zero-order valence-corrected chi connectivity index (χ0v) is 12.4. The summed E-state index contributed by atoms with van der Waals surface area (Å²) >= 11 is 15.5. The summed E-state index contributed by atoms with van der Waals surface area (Å²) in [7, 11) is 0. The summed E-state index contributed by atoms with van der Waals surface area (Å²) in [6, 6.07) is 10.8. The van der Waals surface area contributed by atoms with Gasteiger partial charge in [-0.1, -0.05) is 41.4 Å². The van der Waals surface area contributed by atoms with Gasteiger partial charge in [-0.05, 0) is 34.1 Å². The number of hydrogen-bond acceptors (Lipinski definition) is 2. The third-order valence-electron chi connectivity index (χ3n) is 2.40. The topological polar surface area (TPSA) is 35.2 Å². The second kappa shape index (κ2) is 5.83. The lowest BCUT2D eigenvalue weighted by molar-refractivity contribution is 0.306. The van der Waals surface area contributed by atoms with Crippen molar-refractivity contribution in [3.8, 4) is 5.75 Å². The third-order valence-corrected chi connectivity index (χ3v) is 3.96. The lowest BCUT2D eigenvalue weighted by Crippen LogP contribution is -1.99. The highest BCUT2D eigenvalue weighted by atomic mass is 79.9. The molecule has 0 atom stereocenters. The molecular weight excluding hydrogens is 337 g/mol. The SMILES string of the molecule is Nc1cccc(COc2c(Cl)cccc2Cl)c1Br. The number of nitrogen functional groups attached to an aromatic ring is 1. The van der Waals surface area contributed by atoms with E-state index in [4.69, 9.17) is 33.7 Å². The maximum Gasteiger partial charge on any atom is 0.156 e. The van der Waals surface area contributed by atoms with Crippen LogP contribution in [0.2, 0.25) is 10.0 Å². The molecule has 0 radical (unpaired) electrons. The predicted molar refractivity (Wildman–Crippen MR) is 79.3 cm³/mol. The van der Waals surface area contributed by atoms with Crippen LogP contribution in [0.5, 0.6) is 5.75 Å². The van der Waals surface area contributed by atoms with Crippen LogP contribution in [-0.2, 0) is 6.61 Å². The molecule has 2 rings (SSSR count). The Bertz CT molecular complexity index is 555. The number of para-hydroxylation sites is 1. The molecule has 2 aromatic carbocycles. The summed E-state index contributed by atoms with van der Waals surface area (Å²) in [5.74, 6) is 0.482. The van der Waals surface area contributed by atoms with Crippen LogP contribution >= 0.6 is 39.1 Å². The monoisotopic (exact) mass is 345 g/mol. The third kappa shape index (κ3) is 2.91. The predicted octanol–water partition coefficient (Wildman–Crippen LogP) is 4.92. The van der Waals surface area contributed by atoms with Gasteiger partial charge in [0.25, 0.3) is 0 Å². The molecule has 0 fully saturated rings. The summed E-state index contributed by atoms with van der Waals surface area (Å²) in [4.78, 5) is 0. The molecule has 0 heterocycles. The molecule has 2 N–H and O–H groups in total. The average Bonchev–Trinajstić information content (AvgIpc) is 2.33. The highest BCUT2D eigenvalue weighted by Crippen LogP contribution is 2.33. The molecule has 0 spiro atoms. The van der Waals surface area contributed by atoms with Crippen molar-refractivity contribution in [2.75, 3.05) is 5.73 Å². The quantitative estimate of drug-likeness (QED) is 0.801. The Kier molecular flexibility index (Phi) is 4.38. The van der Waals surface area contributed by atoms with E-state index in [1.54, 1.807) is 18.2 Å². The van der Waals surface area contributed by atoms with Crippen LogP contribution in [0.4, 0.5) is 5.69 Å². The molecule has 2 aromatic rings. The molecule has 0 aromatic heterocycles. The minimum absolute atomic E-state index is 0.342. The number of ether oxygens (including phenoxy) is 1. The van der Waals surface area contributed by atoms with E-state index in [0.717, 1.165) is 10.0 Å². The fourth-order valence-electron chi connectivity index (χ4n) is 1.48. The van der Waals surface area contributed by atoms with Crippen LogP contribution < -0.4 is 10.5 Å².